The highest BCUT2D eigenvalue weighted by atomic mass is 32.1. The summed E-state index contributed by atoms with van der Waals surface area (Å²) < 4.78 is 0. The summed E-state index contributed by atoms with van der Waals surface area (Å²) in [7, 11) is 0. The fourth-order valence-electron chi connectivity index (χ4n) is 2.58. The number of rotatable bonds is 4. The zero-order valence-corrected chi connectivity index (χ0v) is 13.3. The Morgan fingerprint density at radius 3 is 2.77 bits per heavy atom. The van der Waals surface area contributed by atoms with Gasteiger partial charge < -0.3 is 10.2 Å². The molecular formula is C16H20N4OS. The second kappa shape index (κ2) is 7.35. The van der Waals surface area contributed by atoms with Gasteiger partial charge in [0.15, 0.2) is 5.13 Å². The van der Waals surface area contributed by atoms with Crippen molar-refractivity contribution in [3.63, 3.8) is 0 Å². The van der Waals surface area contributed by atoms with Gasteiger partial charge in [0.1, 0.15) is 5.82 Å². The molecule has 1 amide bonds. The molecule has 116 valence electrons. The second-order valence-electron chi connectivity index (χ2n) is 5.46. The number of anilines is 2. The average molecular weight is 316 g/mol. The van der Waals surface area contributed by atoms with E-state index >= 15 is 0 Å². The molecule has 22 heavy (non-hydrogen) atoms. The molecule has 1 N–H and O–H groups in total. The Hall–Kier alpha value is -1.95. The van der Waals surface area contributed by atoms with E-state index in [-0.39, 0.29) is 5.91 Å². The van der Waals surface area contributed by atoms with Crippen LogP contribution in [0.3, 0.4) is 0 Å². The summed E-state index contributed by atoms with van der Waals surface area (Å²) in [6.07, 6.45) is 6.84. The fraction of sp³-hybridized carbons (Fsp3) is 0.438. The molecular weight excluding hydrogens is 296 g/mol. The smallest absolute Gasteiger partial charge is 0.228 e. The highest BCUT2D eigenvalue weighted by Gasteiger charge is 2.17. The SMILES string of the molecule is O=C(Cc1csc(Nc2ccccn2)n1)N1CCCCCC1. The van der Waals surface area contributed by atoms with Crippen molar-refractivity contribution >= 4 is 28.2 Å². The third-order valence-electron chi connectivity index (χ3n) is 3.74. The third-order valence-corrected chi connectivity index (χ3v) is 4.55. The van der Waals surface area contributed by atoms with Gasteiger partial charge in [0, 0.05) is 24.7 Å². The largest absolute Gasteiger partial charge is 0.342 e. The Morgan fingerprint density at radius 2 is 2.05 bits per heavy atom. The van der Waals surface area contributed by atoms with Crippen molar-refractivity contribution in [3.05, 3.63) is 35.5 Å². The average Bonchev–Trinajstić information content (AvgIpc) is 2.80. The molecule has 1 aliphatic heterocycles. The minimum Gasteiger partial charge on any atom is -0.342 e. The summed E-state index contributed by atoms with van der Waals surface area (Å²) in [5, 5.41) is 5.88. The second-order valence-corrected chi connectivity index (χ2v) is 6.31. The van der Waals surface area contributed by atoms with Gasteiger partial charge in [0.2, 0.25) is 5.91 Å². The summed E-state index contributed by atoms with van der Waals surface area (Å²) in [5.74, 6) is 0.957. The van der Waals surface area contributed by atoms with Crippen molar-refractivity contribution in [2.75, 3.05) is 18.4 Å². The molecule has 3 heterocycles. The third kappa shape index (κ3) is 4.04. The molecule has 6 heteroatoms. The first-order valence-corrected chi connectivity index (χ1v) is 8.59. The van der Waals surface area contributed by atoms with E-state index in [4.69, 9.17) is 0 Å². The van der Waals surface area contributed by atoms with Gasteiger partial charge in [0.25, 0.3) is 0 Å². The molecule has 0 bridgehead atoms. The molecule has 0 saturated carbocycles. The zero-order valence-electron chi connectivity index (χ0n) is 12.5. The zero-order chi connectivity index (χ0) is 15.2. The van der Waals surface area contributed by atoms with Crippen LogP contribution in [0.25, 0.3) is 0 Å². The van der Waals surface area contributed by atoms with Crippen molar-refractivity contribution in [3.8, 4) is 0 Å². The minimum absolute atomic E-state index is 0.191. The van der Waals surface area contributed by atoms with Crippen LogP contribution in [-0.4, -0.2) is 33.9 Å². The van der Waals surface area contributed by atoms with Gasteiger partial charge in [-0.3, -0.25) is 4.79 Å². The number of hydrogen-bond acceptors (Lipinski definition) is 5. The Morgan fingerprint density at radius 1 is 1.23 bits per heavy atom. The first kappa shape index (κ1) is 15.0. The van der Waals surface area contributed by atoms with Crippen molar-refractivity contribution < 1.29 is 4.79 Å². The lowest BCUT2D eigenvalue weighted by molar-refractivity contribution is -0.130. The number of carbonyl (C=O) groups excluding carboxylic acids is 1. The maximum absolute atomic E-state index is 12.3. The fourth-order valence-corrected chi connectivity index (χ4v) is 3.30. The van der Waals surface area contributed by atoms with Gasteiger partial charge in [-0.15, -0.1) is 11.3 Å². The normalized spacial score (nSPS) is 15.4. The molecule has 0 aliphatic carbocycles. The van der Waals surface area contributed by atoms with Gasteiger partial charge in [-0.1, -0.05) is 18.9 Å². The monoisotopic (exact) mass is 316 g/mol. The first-order valence-electron chi connectivity index (χ1n) is 7.71. The molecule has 1 saturated heterocycles. The van der Waals surface area contributed by atoms with Crippen molar-refractivity contribution in [2.45, 2.75) is 32.1 Å². The maximum atomic E-state index is 12.3. The van der Waals surface area contributed by atoms with Crippen LogP contribution in [0.2, 0.25) is 0 Å². The van der Waals surface area contributed by atoms with Crippen LogP contribution in [0.5, 0.6) is 0 Å². The van der Waals surface area contributed by atoms with Gasteiger partial charge in [-0.25, -0.2) is 9.97 Å². The number of pyridine rings is 1. The molecule has 0 spiro atoms. The Kier molecular flexibility index (Phi) is 5.00. The lowest BCUT2D eigenvalue weighted by Crippen LogP contribution is -2.33. The van der Waals surface area contributed by atoms with E-state index in [9.17, 15) is 4.79 Å². The van der Waals surface area contributed by atoms with Crippen molar-refractivity contribution in [1.29, 1.82) is 0 Å². The van der Waals surface area contributed by atoms with E-state index in [1.54, 1.807) is 6.20 Å². The highest BCUT2D eigenvalue weighted by molar-refractivity contribution is 7.13. The van der Waals surface area contributed by atoms with Crippen LogP contribution in [0.1, 0.15) is 31.4 Å². The van der Waals surface area contributed by atoms with E-state index in [1.165, 1.54) is 24.2 Å². The number of nitrogens with one attached hydrogen (secondary N) is 1. The number of likely N-dealkylation sites (tertiary alicyclic amines) is 1. The topological polar surface area (TPSA) is 58.1 Å². The number of amides is 1. The van der Waals surface area contributed by atoms with Gasteiger partial charge >= 0.3 is 0 Å². The number of hydrogen-bond donors (Lipinski definition) is 1. The summed E-state index contributed by atoms with van der Waals surface area (Å²) in [4.78, 5) is 23.0. The van der Waals surface area contributed by atoms with E-state index < -0.39 is 0 Å². The van der Waals surface area contributed by atoms with Crippen LogP contribution < -0.4 is 5.32 Å². The lowest BCUT2D eigenvalue weighted by atomic mass is 10.2. The van der Waals surface area contributed by atoms with Crippen LogP contribution in [0.15, 0.2) is 29.8 Å². The van der Waals surface area contributed by atoms with Gasteiger partial charge in [-0.2, -0.15) is 0 Å². The molecule has 0 aromatic carbocycles. The Bertz CT molecular complexity index is 606. The van der Waals surface area contributed by atoms with E-state index in [1.807, 2.05) is 28.5 Å². The lowest BCUT2D eigenvalue weighted by Gasteiger charge is -2.19. The van der Waals surface area contributed by atoms with Gasteiger partial charge in [0.05, 0.1) is 12.1 Å². The molecule has 1 aliphatic rings. The van der Waals surface area contributed by atoms with Crippen molar-refractivity contribution in [1.82, 2.24) is 14.9 Å². The maximum Gasteiger partial charge on any atom is 0.228 e. The van der Waals surface area contributed by atoms with Crippen LogP contribution >= 0.6 is 11.3 Å². The first-order chi connectivity index (χ1) is 10.8. The Balaban J connectivity index is 1.58. The van der Waals surface area contributed by atoms with E-state index in [0.717, 1.165) is 42.6 Å². The summed E-state index contributed by atoms with van der Waals surface area (Å²) >= 11 is 1.50. The standard InChI is InChI=1S/C16H20N4OS/c21-15(20-9-5-1-2-6-10-20)11-13-12-22-16(18-13)19-14-7-3-4-8-17-14/h3-4,7-8,12H,1-2,5-6,9-11H2,(H,17,18,19). The van der Waals surface area contributed by atoms with E-state index in [2.05, 4.69) is 15.3 Å². The summed E-state index contributed by atoms with van der Waals surface area (Å²) in [6.45, 7) is 1.78. The predicted octanol–water partition coefficient (Wildman–Crippen LogP) is 3.23. The summed E-state index contributed by atoms with van der Waals surface area (Å²) in [5.41, 5.74) is 0.831. The Labute approximate surface area is 134 Å². The number of aromatic nitrogens is 2. The van der Waals surface area contributed by atoms with E-state index in [0.29, 0.717) is 6.42 Å². The molecule has 1 fully saturated rings. The number of thiazole rings is 1. The molecule has 2 aromatic heterocycles. The van der Waals surface area contributed by atoms with Crippen LogP contribution in [-0.2, 0) is 11.2 Å². The molecule has 0 atom stereocenters. The molecule has 2 aromatic rings. The van der Waals surface area contributed by atoms with Crippen molar-refractivity contribution in [2.24, 2.45) is 0 Å². The molecule has 5 nitrogen and oxygen atoms in total. The molecule has 3 rings (SSSR count). The highest BCUT2D eigenvalue weighted by Crippen LogP contribution is 2.20. The number of nitrogens with zero attached hydrogens (tertiary/aromatic N) is 3. The summed E-state index contributed by atoms with van der Waals surface area (Å²) in [6, 6.07) is 5.69. The van der Waals surface area contributed by atoms with Crippen LogP contribution in [0, 0.1) is 0 Å². The predicted molar refractivity (Wildman–Crippen MR) is 88.4 cm³/mol. The minimum atomic E-state index is 0.191. The van der Waals surface area contributed by atoms with Crippen LogP contribution in [0.4, 0.5) is 10.9 Å². The molecule has 0 radical (unpaired) electrons. The van der Waals surface area contributed by atoms with Gasteiger partial charge in [-0.05, 0) is 25.0 Å². The molecule has 0 unspecified atom stereocenters. The number of carbonyl (C=O) groups is 1. The quantitative estimate of drug-likeness (QED) is 0.941.